The standard InChI is InChI=1S/C16H13F2N3O2/c17-16(18)6-11(15(22)23)8-21(9-16)13-4-3-10(7-19)14-12(13)2-1-5-20-14/h1-5,11H,6,8-9H2,(H,22,23)/t11-/m1/s1. The van der Waals surface area contributed by atoms with Crippen LogP contribution in [0.15, 0.2) is 30.5 Å². The number of piperidine rings is 1. The molecule has 0 saturated carbocycles. The smallest absolute Gasteiger partial charge is 0.308 e. The number of rotatable bonds is 2. The number of nitrogens with zero attached hydrogens (tertiary/aromatic N) is 3. The van der Waals surface area contributed by atoms with Crippen LogP contribution in [0.5, 0.6) is 0 Å². The van der Waals surface area contributed by atoms with Crippen molar-refractivity contribution in [2.24, 2.45) is 5.92 Å². The van der Waals surface area contributed by atoms with Crippen LogP contribution in [0.4, 0.5) is 14.5 Å². The topological polar surface area (TPSA) is 77.2 Å². The summed E-state index contributed by atoms with van der Waals surface area (Å²) in [7, 11) is 0. The summed E-state index contributed by atoms with van der Waals surface area (Å²) in [6, 6.07) is 8.47. The van der Waals surface area contributed by atoms with Crippen molar-refractivity contribution in [3.63, 3.8) is 0 Å². The lowest BCUT2D eigenvalue weighted by molar-refractivity contribution is -0.146. The highest BCUT2D eigenvalue weighted by Crippen LogP contribution is 2.36. The van der Waals surface area contributed by atoms with Gasteiger partial charge in [-0.1, -0.05) is 0 Å². The molecule has 1 aromatic heterocycles. The minimum atomic E-state index is -3.08. The molecule has 1 aliphatic heterocycles. The Morgan fingerprint density at radius 3 is 2.91 bits per heavy atom. The van der Waals surface area contributed by atoms with Gasteiger partial charge in [0.2, 0.25) is 0 Å². The van der Waals surface area contributed by atoms with E-state index in [9.17, 15) is 13.6 Å². The Labute approximate surface area is 130 Å². The molecule has 0 unspecified atom stereocenters. The molecule has 0 bridgehead atoms. The molecular weight excluding hydrogens is 304 g/mol. The Bertz CT molecular complexity index is 817. The normalized spacial score (nSPS) is 20.2. The maximum Gasteiger partial charge on any atom is 0.308 e. The Balaban J connectivity index is 2.09. The van der Waals surface area contributed by atoms with Crippen LogP contribution in [0.25, 0.3) is 10.9 Å². The second-order valence-corrected chi connectivity index (χ2v) is 5.62. The van der Waals surface area contributed by atoms with E-state index in [1.165, 1.54) is 17.2 Å². The summed E-state index contributed by atoms with van der Waals surface area (Å²) in [6.45, 7) is -0.548. The third kappa shape index (κ3) is 2.80. The molecule has 1 N–H and O–H groups in total. The van der Waals surface area contributed by atoms with Crippen molar-refractivity contribution in [1.82, 2.24) is 4.98 Å². The number of anilines is 1. The zero-order valence-corrected chi connectivity index (χ0v) is 12.0. The molecule has 1 aromatic carbocycles. The SMILES string of the molecule is N#Cc1ccc(N2C[C@H](C(=O)O)CC(F)(F)C2)c2cccnc12. The van der Waals surface area contributed by atoms with Crippen molar-refractivity contribution in [2.75, 3.05) is 18.0 Å². The van der Waals surface area contributed by atoms with E-state index in [-0.39, 0.29) is 6.54 Å². The lowest BCUT2D eigenvalue weighted by atomic mass is 9.94. The highest BCUT2D eigenvalue weighted by Gasteiger charge is 2.43. The molecule has 1 atom stereocenters. The van der Waals surface area contributed by atoms with Gasteiger partial charge in [0, 0.05) is 30.2 Å². The lowest BCUT2D eigenvalue weighted by Gasteiger charge is -2.37. The zero-order chi connectivity index (χ0) is 16.6. The minimum absolute atomic E-state index is 0.000811. The number of aromatic nitrogens is 1. The zero-order valence-electron chi connectivity index (χ0n) is 12.0. The fourth-order valence-electron chi connectivity index (χ4n) is 2.97. The number of nitriles is 1. The van der Waals surface area contributed by atoms with Gasteiger partial charge in [-0.2, -0.15) is 5.26 Å². The number of benzene rings is 1. The number of halogens is 2. The van der Waals surface area contributed by atoms with E-state index >= 15 is 0 Å². The second-order valence-electron chi connectivity index (χ2n) is 5.62. The average molecular weight is 317 g/mol. The molecule has 0 radical (unpaired) electrons. The van der Waals surface area contributed by atoms with Crippen molar-refractivity contribution in [1.29, 1.82) is 5.26 Å². The second kappa shape index (κ2) is 5.47. The van der Waals surface area contributed by atoms with Crippen LogP contribution in [0.2, 0.25) is 0 Å². The van der Waals surface area contributed by atoms with Crippen LogP contribution in [-0.2, 0) is 4.79 Å². The summed E-state index contributed by atoms with van der Waals surface area (Å²) in [5.41, 5.74) is 1.24. The van der Waals surface area contributed by atoms with E-state index in [0.29, 0.717) is 22.2 Å². The van der Waals surface area contributed by atoms with Crippen molar-refractivity contribution >= 4 is 22.6 Å². The van der Waals surface area contributed by atoms with E-state index in [2.05, 4.69) is 4.98 Å². The van der Waals surface area contributed by atoms with Gasteiger partial charge in [0.15, 0.2) is 0 Å². The molecular formula is C16H13F2N3O2. The van der Waals surface area contributed by atoms with Crippen LogP contribution in [-0.4, -0.2) is 35.1 Å². The number of fused-ring (bicyclic) bond motifs is 1. The van der Waals surface area contributed by atoms with Crippen LogP contribution in [0, 0.1) is 17.2 Å². The Morgan fingerprint density at radius 2 is 2.22 bits per heavy atom. The summed E-state index contributed by atoms with van der Waals surface area (Å²) in [6.07, 6.45) is 0.864. The van der Waals surface area contributed by atoms with Gasteiger partial charge in [0.1, 0.15) is 6.07 Å². The average Bonchev–Trinajstić information content (AvgIpc) is 2.52. The Hall–Kier alpha value is -2.75. The third-order valence-corrected chi connectivity index (χ3v) is 3.97. The van der Waals surface area contributed by atoms with Crippen molar-refractivity contribution in [2.45, 2.75) is 12.3 Å². The first-order valence-corrected chi connectivity index (χ1v) is 7.05. The van der Waals surface area contributed by atoms with E-state index < -0.39 is 30.8 Å². The molecule has 2 heterocycles. The van der Waals surface area contributed by atoms with Gasteiger partial charge in [0.25, 0.3) is 5.92 Å². The number of aliphatic carboxylic acids is 1. The Kier molecular flexibility index (Phi) is 3.60. The largest absolute Gasteiger partial charge is 0.481 e. The molecule has 23 heavy (non-hydrogen) atoms. The monoisotopic (exact) mass is 317 g/mol. The number of alkyl halides is 2. The predicted molar refractivity (Wildman–Crippen MR) is 79.4 cm³/mol. The molecule has 1 fully saturated rings. The number of pyridine rings is 1. The summed E-state index contributed by atoms with van der Waals surface area (Å²) in [5, 5.41) is 18.8. The molecule has 5 nitrogen and oxygen atoms in total. The van der Waals surface area contributed by atoms with Crippen molar-refractivity contribution in [3.8, 4) is 6.07 Å². The van der Waals surface area contributed by atoms with Gasteiger partial charge in [-0.15, -0.1) is 0 Å². The van der Waals surface area contributed by atoms with E-state index in [4.69, 9.17) is 10.4 Å². The number of carbonyl (C=O) groups is 1. The maximum absolute atomic E-state index is 13.9. The summed E-state index contributed by atoms with van der Waals surface area (Å²) in [5.74, 6) is -5.45. The molecule has 1 aliphatic rings. The van der Waals surface area contributed by atoms with Gasteiger partial charge in [-0.3, -0.25) is 9.78 Å². The molecule has 118 valence electrons. The minimum Gasteiger partial charge on any atom is -0.481 e. The fraction of sp³-hybridized carbons (Fsp3) is 0.312. The first-order valence-electron chi connectivity index (χ1n) is 7.05. The first-order chi connectivity index (χ1) is 10.9. The van der Waals surface area contributed by atoms with E-state index in [0.717, 1.165) is 0 Å². The summed E-state index contributed by atoms with van der Waals surface area (Å²) in [4.78, 5) is 16.7. The lowest BCUT2D eigenvalue weighted by Crippen LogP contribution is -2.49. The molecule has 0 amide bonds. The quantitative estimate of drug-likeness (QED) is 0.921. The molecule has 1 saturated heterocycles. The molecule has 0 spiro atoms. The van der Waals surface area contributed by atoms with Gasteiger partial charge in [0.05, 0.1) is 23.5 Å². The van der Waals surface area contributed by atoms with Gasteiger partial charge >= 0.3 is 5.97 Å². The third-order valence-electron chi connectivity index (χ3n) is 3.97. The number of hydrogen-bond acceptors (Lipinski definition) is 4. The Morgan fingerprint density at radius 1 is 1.43 bits per heavy atom. The van der Waals surface area contributed by atoms with Gasteiger partial charge < -0.3 is 10.0 Å². The van der Waals surface area contributed by atoms with Crippen LogP contribution >= 0.6 is 0 Å². The van der Waals surface area contributed by atoms with Gasteiger partial charge in [-0.05, 0) is 24.3 Å². The van der Waals surface area contributed by atoms with Gasteiger partial charge in [-0.25, -0.2) is 8.78 Å². The van der Waals surface area contributed by atoms with E-state index in [1.807, 2.05) is 6.07 Å². The van der Waals surface area contributed by atoms with Crippen molar-refractivity contribution < 1.29 is 18.7 Å². The number of carboxylic acids is 1. The first kappa shape index (κ1) is 15.2. The summed E-state index contributed by atoms with van der Waals surface area (Å²) < 4.78 is 27.8. The van der Waals surface area contributed by atoms with Crippen LogP contribution in [0.3, 0.4) is 0 Å². The van der Waals surface area contributed by atoms with E-state index in [1.54, 1.807) is 18.2 Å². The molecule has 2 aromatic rings. The van der Waals surface area contributed by atoms with Crippen LogP contribution < -0.4 is 4.90 Å². The highest BCUT2D eigenvalue weighted by atomic mass is 19.3. The molecule has 7 heteroatoms. The highest BCUT2D eigenvalue weighted by molar-refractivity contribution is 5.95. The fourth-order valence-corrected chi connectivity index (χ4v) is 2.97. The predicted octanol–water partition coefficient (Wildman–Crippen LogP) is 2.65. The molecule has 0 aliphatic carbocycles. The summed E-state index contributed by atoms with van der Waals surface area (Å²) >= 11 is 0. The molecule has 3 rings (SSSR count). The number of hydrogen-bond donors (Lipinski definition) is 1. The maximum atomic E-state index is 13.9. The van der Waals surface area contributed by atoms with Crippen molar-refractivity contribution in [3.05, 3.63) is 36.0 Å². The number of carboxylic acid groups (broad SMARTS) is 1. The van der Waals surface area contributed by atoms with Crippen LogP contribution in [0.1, 0.15) is 12.0 Å².